The lowest BCUT2D eigenvalue weighted by molar-refractivity contribution is -0.123. The number of carbonyl (C=O) groups is 1. The highest BCUT2D eigenvalue weighted by Gasteiger charge is 2.57. The molecule has 3 aliphatic rings. The summed E-state index contributed by atoms with van der Waals surface area (Å²) in [5.74, 6) is 1.24. The predicted octanol–water partition coefficient (Wildman–Crippen LogP) is 2.47. The third kappa shape index (κ3) is 3.68. The van der Waals surface area contributed by atoms with Gasteiger partial charge >= 0.3 is 0 Å². The molecule has 2 saturated heterocycles. The van der Waals surface area contributed by atoms with Crippen LogP contribution in [0, 0.1) is 17.3 Å². The SMILES string of the molecule is O=C(NCC1CCCN(Cc2cccs2)C1)C1CC12CCNCC2. The van der Waals surface area contributed by atoms with Crippen LogP contribution in [-0.2, 0) is 11.3 Å². The van der Waals surface area contributed by atoms with Crippen molar-refractivity contribution in [2.24, 2.45) is 17.3 Å². The summed E-state index contributed by atoms with van der Waals surface area (Å²) in [4.78, 5) is 16.5. The first-order valence-corrected chi connectivity index (χ1v) is 10.4. The summed E-state index contributed by atoms with van der Waals surface area (Å²) >= 11 is 1.84. The van der Waals surface area contributed by atoms with E-state index < -0.39 is 0 Å². The Labute approximate surface area is 149 Å². The van der Waals surface area contributed by atoms with Gasteiger partial charge in [-0.2, -0.15) is 0 Å². The molecular formula is C19H29N3OS. The van der Waals surface area contributed by atoms with Crippen molar-refractivity contribution in [1.29, 1.82) is 0 Å². The molecule has 3 fully saturated rings. The molecule has 132 valence electrons. The van der Waals surface area contributed by atoms with E-state index in [1.807, 2.05) is 11.3 Å². The molecule has 0 bridgehead atoms. The summed E-state index contributed by atoms with van der Waals surface area (Å²) < 4.78 is 0. The molecule has 4 rings (SSSR count). The highest BCUT2D eigenvalue weighted by molar-refractivity contribution is 7.09. The lowest BCUT2D eigenvalue weighted by Crippen LogP contribution is -2.41. The highest BCUT2D eigenvalue weighted by atomic mass is 32.1. The number of hydrogen-bond acceptors (Lipinski definition) is 4. The molecule has 1 saturated carbocycles. The van der Waals surface area contributed by atoms with Gasteiger partial charge in [-0.3, -0.25) is 9.69 Å². The van der Waals surface area contributed by atoms with Gasteiger partial charge in [-0.1, -0.05) is 6.07 Å². The van der Waals surface area contributed by atoms with Crippen molar-refractivity contribution >= 4 is 17.2 Å². The Morgan fingerprint density at radius 3 is 3.08 bits per heavy atom. The van der Waals surface area contributed by atoms with Crippen molar-refractivity contribution in [3.63, 3.8) is 0 Å². The molecule has 5 heteroatoms. The Balaban J connectivity index is 1.22. The molecule has 0 radical (unpaired) electrons. The van der Waals surface area contributed by atoms with Crippen LogP contribution in [0.15, 0.2) is 17.5 Å². The van der Waals surface area contributed by atoms with E-state index in [-0.39, 0.29) is 0 Å². The van der Waals surface area contributed by atoms with Gasteiger partial charge in [-0.25, -0.2) is 0 Å². The van der Waals surface area contributed by atoms with E-state index >= 15 is 0 Å². The van der Waals surface area contributed by atoms with Gasteiger partial charge in [-0.15, -0.1) is 11.3 Å². The second kappa shape index (κ2) is 7.14. The number of rotatable bonds is 5. The van der Waals surface area contributed by atoms with Crippen LogP contribution >= 0.6 is 11.3 Å². The molecule has 1 aromatic heterocycles. The standard InChI is InChI=1S/C19H29N3OS/c23-18(17-11-19(17)5-7-20-8-6-19)21-12-15-3-1-9-22(13-15)14-16-4-2-10-24-16/h2,4,10,15,17,20H,1,3,5-9,11-14H2,(H,21,23). The maximum atomic E-state index is 12.5. The third-order valence-electron chi connectivity index (χ3n) is 6.23. The Kier molecular flexibility index (Phi) is 4.93. The fourth-order valence-corrected chi connectivity index (χ4v) is 5.39. The first-order valence-electron chi connectivity index (χ1n) is 9.48. The second-order valence-corrected chi connectivity index (χ2v) is 8.97. The van der Waals surface area contributed by atoms with Crippen LogP contribution in [0.25, 0.3) is 0 Å². The summed E-state index contributed by atoms with van der Waals surface area (Å²) in [5.41, 5.74) is 0.354. The summed E-state index contributed by atoms with van der Waals surface area (Å²) in [6.07, 6.45) is 5.99. The van der Waals surface area contributed by atoms with E-state index in [1.165, 1.54) is 37.1 Å². The van der Waals surface area contributed by atoms with Gasteiger partial charge in [0.1, 0.15) is 0 Å². The minimum absolute atomic E-state index is 0.297. The van der Waals surface area contributed by atoms with Gasteiger partial charge in [0.05, 0.1) is 0 Å². The summed E-state index contributed by atoms with van der Waals surface area (Å²) in [5, 5.41) is 8.85. The van der Waals surface area contributed by atoms with Crippen LogP contribution in [0.5, 0.6) is 0 Å². The average molecular weight is 348 g/mol. The highest BCUT2D eigenvalue weighted by Crippen LogP contribution is 2.58. The topological polar surface area (TPSA) is 44.4 Å². The van der Waals surface area contributed by atoms with Gasteiger partial charge in [0.15, 0.2) is 0 Å². The maximum Gasteiger partial charge on any atom is 0.223 e. The minimum atomic E-state index is 0.297. The lowest BCUT2D eigenvalue weighted by Gasteiger charge is -2.32. The third-order valence-corrected chi connectivity index (χ3v) is 7.09. The lowest BCUT2D eigenvalue weighted by atomic mass is 9.91. The summed E-state index contributed by atoms with van der Waals surface area (Å²) in [6.45, 7) is 6.43. The molecule has 0 aromatic carbocycles. The average Bonchev–Trinajstić information content (AvgIpc) is 3.04. The molecule has 2 atom stereocenters. The number of nitrogens with zero attached hydrogens (tertiary/aromatic N) is 1. The Morgan fingerprint density at radius 2 is 2.29 bits per heavy atom. The monoisotopic (exact) mass is 347 g/mol. The number of piperidine rings is 2. The van der Waals surface area contributed by atoms with Crippen LogP contribution in [0.2, 0.25) is 0 Å². The van der Waals surface area contributed by atoms with E-state index in [9.17, 15) is 4.79 Å². The van der Waals surface area contributed by atoms with Crippen LogP contribution in [-0.4, -0.2) is 43.5 Å². The van der Waals surface area contributed by atoms with Crippen molar-refractivity contribution in [3.05, 3.63) is 22.4 Å². The van der Waals surface area contributed by atoms with Crippen molar-refractivity contribution in [3.8, 4) is 0 Å². The number of carbonyl (C=O) groups excluding carboxylic acids is 1. The molecule has 4 nitrogen and oxygen atoms in total. The number of likely N-dealkylation sites (tertiary alicyclic amines) is 1. The normalized spacial score (nSPS) is 29.5. The van der Waals surface area contributed by atoms with E-state index in [2.05, 4.69) is 33.0 Å². The fourth-order valence-electron chi connectivity index (χ4n) is 4.65. The Bertz CT molecular complexity index is 553. The van der Waals surface area contributed by atoms with Crippen molar-refractivity contribution in [2.45, 2.75) is 38.6 Å². The molecule has 2 N–H and O–H groups in total. The molecule has 1 spiro atoms. The van der Waals surface area contributed by atoms with Crippen LogP contribution in [0.3, 0.4) is 0 Å². The van der Waals surface area contributed by atoms with E-state index in [0.717, 1.165) is 39.1 Å². The molecule has 1 amide bonds. The Hall–Kier alpha value is -0.910. The van der Waals surface area contributed by atoms with Crippen LogP contribution in [0.4, 0.5) is 0 Å². The molecule has 24 heavy (non-hydrogen) atoms. The first kappa shape index (κ1) is 16.6. The Morgan fingerprint density at radius 1 is 1.42 bits per heavy atom. The molecule has 1 aliphatic carbocycles. The number of amides is 1. The van der Waals surface area contributed by atoms with Gasteiger partial charge in [0.2, 0.25) is 5.91 Å². The number of thiophene rings is 1. The minimum Gasteiger partial charge on any atom is -0.356 e. The zero-order valence-electron chi connectivity index (χ0n) is 14.4. The first-order chi connectivity index (χ1) is 11.8. The zero-order chi connectivity index (χ0) is 16.4. The van der Waals surface area contributed by atoms with E-state index in [4.69, 9.17) is 0 Å². The predicted molar refractivity (Wildman–Crippen MR) is 98.0 cm³/mol. The number of hydrogen-bond donors (Lipinski definition) is 2. The zero-order valence-corrected chi connectivity index (χ0v) is 15.2. The van der Waals surface area contributed by atoms with Crippen molar-refractivity contribution < 1.29 is 4.79 Å². The largest absolute Gasteiger partial charge is 0.356 e. The van der Waals surface area contributed by atoms with Crippen molar-refractivity contribution in [2.75, 3.05) is 32.7 Å². The van der Waals surface area contributed by atoms with E-state index in [1.54, 1.807) is 0 Å². The summed E-state index contributed by atoms with van der Waals surface area (Å²) in [6, 6.07) is 4.36. The van der Waals surface area contributed by atoms with Gasteiger partial charge in [0, 0.05) is 30.4 Å². The van der Waals surface area contributed by atoms with Gasteiger partial charge in [0.25, 0.3) is 0 Å². The maximum absolute atomic E-state index is 12.5. The number of nitrogens with one attached hydrogen (secondary N) is 2. The second-order valence-electron chi connectivity index (χ2n) is 7.94. The molecular weight excluding hydrogens is 318 g/mol. The smallest absolute Gasteiger partial charge is 0.223 e. The van der Waals surface area contributed by atoms with Gasteiger partial charge < -0.3 is 10.6 Å². The fraction of sp³-hybridized carbons (Fsp3) is 0.737. The molecule has 1 aromatic rings. The summed E-state index contributed by atoms with van der Waals surface area (Å²) in [7, 11) is 0. The van der Waals surface area contributed by atoms with Crippen LogP contribution < -0.4 is 10.6 Å². The molecule has 2 unspecified atom stereocenters. The van der Waals surface area contributed by atoms with E-state index in [0.29, 0.717) is 23.2 Å². The van der Waals surface area contributed by atoms with Crippen LogP contribution in [0.1, 0.15) is 37.0 Å². The van der Waals surface area contributed by atoms with Gasteiger partial charge in [-0.05, 0) is 74.5 Å². The van der Waals surface area contributed by atoms with Crippen molar-refractivity contribution in [1.82, 2.24) is 15.5 Å². The molecule has 3 heterocycles. The molecule has 2 aliphatic heterocycles. The quantitative estimate of drug-likeness (QED) is 0.860.